The summed E-state index contributed by atoms with van der Waals surface area (Å²) in [6, 6.07) is 20.0. The Labute approximate surface area is 171 Å². The molecule has 29 heavy (non-hydrogen) atoms. The highest BCUT2D eigenvalue weighted by Gasteiger charge is 2.34. The van der Waals surface area contributed by atoms with Crippen molar-refractivity contribution in [2.45, 2.75) is 6.54 Å². The molecular weight excluding hydrogens is 386 g/mol. The number of amides is 1. The van der Waals surface area contributed by atoms with Gasteiger partial charge in [0.25, 0.3) is 5.91 Å². The first-order valence-corrected chi connectivity index (χ1v) is 9.70. The summed E-state index contributed by atoms with van der Waals surface area (Å²) in [5.74, 6) is 0.532. The Bertz CT molecular complexity index is 1090. The largest absolute Gasteiger partial charge is 0.507 e. The Morgan fingerprint density at radius 2 is 1.83 bits per heavy atom. The second-order valence-electron chi connectivity index (χ2n) is 6.18. The third-order valence-corrected chi connectivity index (χ3v) is 5.15. The number of nitrogens with zero attached hydrogens (tertiary/aromatic N) is 3. The molecule has 1 N–H and O–H groups in total. The SMILES string of the molecule is O=C1/C(=C/c2ccccc2O)S/C(=N/N=C\c2ccccc2)N1Cc1ccco1. The van der Waals surface area contributed by atoms with E-state index in [1.54, 1.807) is 55.0 Å². The van der Waals surface area contributed by atoms with E-state index in [2.05, 4.69) is 10.2 Å². The molecule has 0 bridgehead atoms. The van der Waals surface area contributed by atoms with Gasteiger partial charge >= 0.3 is 0 Å². The first kappa shape index (κ1) is 18.8. The summed E-state index contributed by atoms with van der Waals surface area (Å²) in [6.45, 7) is 0.247. The Balaban J connectivity index is 1.64. The number of hydrogen-bond donors (Lipinski definition) is 1. The molecule has 0 atom stereocenters. The zero-order valence-corrected chi connectivity index (χ0v) is 16.1. The fourth-order valence-electron chi connectivity index (χ4n) is 2.72. The molecule has 144 valence electrons. The van der Waals surface area contributed by atoms with Crippen LogP contribution in [-0.2, 0) is 11.3 Å². The van der Waals surface area contributed by atoms with Gasteiger partial charge in [-0.05, 0) is 41.6 Å². The minimum atomic E-state index is -0.219. The molecule has 6 nitrogen and oxygen atoms in total. The van der Waals surface area contributed by atoms with Gasteiger partial charge in [-0.3, -0.25) is 9.69 Å². The lowest BCUT2D eigenvalue weighted by molar-refractivity contribution is -0.122. The number of carbonyl (C=O) groups is 1. The predicted molar refractivity (Wildman–Crippen MR) is 114 cm³/mol. The number of furan rings is 1. The van der Waals surface area contributed by atoms with E-state index in [-0.39, 0.29) is 18.2 Å². The summed E-state index contributed by atoms with van der Waals surface area (Å²) < 4.78 is 5.38. The fourth-order valence-corrected chi connectivity index (χ4v) is 3.64. The van der Waals surface area contributed by atoms with Gasteiger partial charge < -0.3 is 9.52 Å². The van der Waals surface area contributed by atoms with Crippen LogP contribution in [0.5, 0.6) is 5.75 Å². The number of amidine groups is 1. The van der Waals surface area contributed by atoms with Crippen LogP contribution in [0.1, 0.15) is 16.9 Å². The van der Waals surface area contributed by atoms with Crippen LogP contribution in [0, 0.1) is 0 Å². The molecule has 1 saturated heterocycles. The van der Waals surface area contributed by atoms with Gasteiger partial charge in [0.05, 0.1) is 23.9 Å². The number of phenolic OH excluding ortho intramolecular Hbond substituents is 1. The zero-order chi connectivity index (χ0) is 20.1. The number of rotatable bonds is 5. The van der Waals surface area contributed by atoms with Gasteiger partial charge in [-0.25, -0.2) is 0 Å². The normalized spacial score (nSPS) is 17.1. The van der Waals surface area contributed by atoms with Crippen molar-refractivity contribution in [3.63, 3.8) is 0 Å². The molecule has 2 heterocycles. The molecule has 0 aliphatic carbocycles. The van der Waals surface area contributed by atoms with Crippen molar-refractivity contribution < 1.29 is 14.3 Å². The molecule has 1 aliphatic heterocycles. The molecule has 0 saturated carbocycles. The molecule has 1 amide bonds. The van der Waals surface area contributed by atoms with Gasteiger partial charge in [0.2, 0.25) is 0 Å². The minimum absolute atomic E-state index is 0.110. The van der Waals surface area contributed by atoms with Crippen LogP contribution in [0.4, 0.5) is 0 Å². The number of hydrogen-bond acceptors (Lipinski definition) is 6. The van der Waals surface area contributed by atoms with Crippen LogP contribution in [-0.4, -0.2) is 27.3 Å². The Hall–Kier alpha value is -3.58. The van der Waals surface area contributed by atoms with Crippen molar-refractivity contribution in [3.05, 3.63) is 94.8 Å². The van der Waals surface area contributed by atoms with Gasteiger partial charge in [-0.2, -0.15) is 5.10 Å². The molecule has 7 heteroatoms. The highest BCUT2D eigenvalue weighted by atomic mass is 32.2. The number of thioether (sulfide) groups is 1. The summed E-state index contributed by atoms with van der Waals surface area (Å²) >= 11 is 1.21. The molecule has 1 aliphatic rings. The van der Waals surface area contributed by atoms with E-state index < -0.39 is 0 Å². The fraction of sp³-hybridized carbons (Fsp3) is 0.0455. The third kappa shape index (κ3) is 4.47. The lowest BCUT2D eigenvalue weighted by atomic mass is 10.2. The van der Waals surface area contributed by atoms with Crippen LogP contribution >= 0.6 is 11.8 Å². The van der Waals surface area contributed by atoms with Crippen molar-refractivity contribution >= 4 is 35.1 Å². The maximum absolute atomic E-state index is 13.0. The topological polar surface area (TPSA) is 78.4 Å². The van der Waals surface area contributed by atoms with Gasteiger partial charge in [0.1, 0.15) is 11.5 Å². The quantitative estimate of drug-likeness (QED) is 0.387. The van der Waals surface area contributed by atoms with E-state index in [0.29, 0.717) is 21.4 Å². The number of aromatic hydroxyl groups is 1. The standard InChI is InChI=1S/C22H17N3O3S/c26-19-11-5-4-9-17(19)13-20-21(27)25(15-18-10-6-12-28-18)22(29-20)24-23-14-16-7-2-1-3-8-16/h1-14,26H,15H2/b20-13-,23-14-,24-22+. The smallest absolute Gasteiger partial charge is 0.267 e. The predicted octanol–water partition coefficient (Wildman–Crippen LogP) is 4.49. The summed E-state index contributed by atoms with van der Waals surface area (Å²) in [6.07, 6.45) is 4.85. The number of para-hydroxylation sites is 1. The monoisotopic (exact) mass is 403 g/mol. The second kappa shape index (κ2) is 8.62. The maximum Gasteiger partial charge on any atom is 0.267 e. The molecule has 0 radical (unpaired) electrons. The van der Waals surface area contributed by atoms with Crippen molar-refractivity contribution in [2.75, 3.05) is 0 Å². The van der Waals surface area contributed by atoms with Gasteiger partial charge in [-0.1, -0.05) is 48.5 Å². The van der Waals surface area contributed by atoms with Crippen LogP contribution < -0.4 is 0 Å². The molecule has 0 unspecified atom stereocenters. The van der Waals surface area contributed by atoms with Crippen LogP contribution in [0.15, 0.2) is 92.5 Å². The molecule has 2 aromatic carbocycles. The van der Waals surface area contributed by atoms with Gasteiger partial charge in [0.15, 0.2) is 5.17 Å². The molecule has 3 aromatic rings. The second-order valence-corrected chi connectivity index (χ2v) is 7.19. The number of benzene rings is 2. The molecule has 0 spiro atoms. The van der Waals surface area contributed by atoms with E-state index in [1.165, 1.54) is 16.7 Å². The Morgan fingerprint density at radius 1 is 1.03 bits per heavy atom. The maximum atomic E-state index is 13.0. The molecular formula is C22H17N3O3S. The highest BCUT2D eigenvalue weighted by molar-refractivity contribution is 8.18. The Morgan fingerprint density at radius 3 is 2.59 bits per heavy atom. The first-order valence-electron chi connectivity index (χ1n) is 8.88. The van der Waals surface area contributed by atoms with Crippen LogP contribution in [0.25, 0.3) is 6.08 Å². The first-order chi connectivity index (χ1) is 14.2. The van der Waals surface area contributed by atoms with Crippen LogP contribution in [0.2, 0.25) is 0 Å². The average molecular weight is 403 g/mol. The Kier molecular flexibility index (Phi) is 5.58. The van der Waals surface area contributed by atoms with E-state index in [0.717, 1.165) is 5.56 Å². The number of carbonyl (C=O) groups excluding carboxylic acids is 1. The van der Waals surface area contributed by atoms with E-state index in [4.69, 9.17) is 4.42 Å². The van der Waals surface area contributed by atoms with Gasteiger partial charge in [0, 0.05) is 5.56 Å². The summed E-state index contributed by atoms with van der Waals surface area (Å²) in [7, 11) is 0. The van der Waals surface area contributed by atoms with Crippen LogP contribution in [0.3, 0.4) is 0 Å². The van der Waals surface area contributed by atoms with Crippen molar-refractivity contribution in [2.24, 2.45) is 10.2 Å². The molecule has 1 aromatic heterocycles. The third-order valence-electron chi connectivity index (χ3n) is 4.16. The summed E-state index contributed by atoms with van der Waals surface area (Å²) in [5.41, 5.74) is 1.48. The van der Waals surface area contributed by atoms with Crippen molar-refractivity contribution in [1.29, 1.82) is 0 Å². The summed E-state index contributed by atoms with van der Waals surface area (Å²) in [5, 5.41) is 18.9. The minimum Gasteiger partial charge on any atom is -0.507 e. The highest BCUT2D eigenvalue weighted by Crippen LogP contribution is 2.35. The average Bonchev–Trinajstić information content (AvgIpc) is 3.35. The van der Waals surface area contributed by atoms with E-state index in [9.17, 15) is 9.90 Å². The number of phenols is 1. The lowest BCUT2D eigenvalue weighted by Gasteiger charge is -2.12. The van der Waals surface area contributed by atoms with E-state index in [1.807, 2.05) is 30.3 Å². The lowest BCUT2D eigenvalue weighted by Crippen LogP contribution is -2.28. The van der Waals surface area contributed by atoms with Crippen molar-refractivity contribution in [1.82, 2.24) is 4.90 Å². The zero-order valence-electron chi connectivity index (χ0n) is 15.3. The molecule has 4 rings (SSSR count). The van der Waals surface area contributed by atoms with E-state index >= 15 is 0 Å². The molecule has 1 fully saturated rings. The summed E-state index contributed by atoms with van der Waals surface area (Å²) in [4.78, 5) is 14.9. The van der Waals surface area contributed by atoms with Crippen molar-refractivity contribution in [3.8, 4) is 5.75 Å². The van der Waals surface area contributed by atoms with Gasteiger partial charge in [-0.15, -0.1) is 5.10 Å².